The Morgan fingerprint density at radius 3 is 3.25 bits per heavy atom. The Morgan fingerprint density at radius 2 is 2.45 bits per heavy atom. The van der Waals surface area contributed by atoms with Gasteiger partial charge in [0, 0.05) is 18.8 Å². The molecule has 2 unspecified atom stereocenters. The third-order valence-corrected chi connectivity index (χ3v) is 6.04. The SMILES string of the molecule is CN1CCOC(CS(=O)c2nc3ccc(N)cc3s2)C1. The number of benzene rings is 1. The number of fused-ring (bicyclic) bond motifs is 1. The van der Waals surface area contributed by atoms with Gasteiger partial charge in [-0.15, -0.1) is 11.3 Å². The Kier molecular flexibility index (Phi) is 4.02. The summed E-state index contributed by atoms with van der Waals surface area (Å²) in [7, 11) is 0.934. The lowest BCUT2D eigenvalue weighted by molar-refractivity contribution is -0.00640. The molecule has 1 aliphatic heterocycles. The maximum Gasteiger partial charge on any atom is 0.181 e. The number of nitrogens with zero attached hydrogens (tertiary/aromatic N) is 2. The number of morpholine rings is 1. The first-order valence-corrected chi connectivity index (χ1v) is 8.60. The number of nitrogens with two attached hydrogens (primary N) is 1. The summed E-state index contributed by atoms with van der Waals surface area (Å²) >= 11 is 1.45. The van der Waals surface area contributed by atoms with Crippen molar-refractivity contribution >= 4 is 38.0 Å². The molecule has 7 heteroatoms. The summed E-state index contributed by atoms with van der Waals surface area (Å²) in [4.78, 5) is 6.63. The lowest BCUT2D eigenvalue weighted by Crippen LogP contribution is -2.42. The number of aromatic nitrogens is 1. The average molecular weight is 311 g/mol. The van der Waals surface area contributed by atoms with Gasteiger partial charge >= 0.3 is 0 Å². The van der Waals surface area contributed by atoms with E-state index in [1.165, 1.54) is 11.3 Å². The molecular formula is C13H17N3O2S2. The second kappa shape index (κ2) is 5.77. The number of hydrogen-bond acceptors (Lipinski definition) is 6. The van der Waals surface area contributed by atoms with E-state index in [4.69, 9.17) is 10.5 Å². The molecule has 108 valence electrons. The van der Waals surface area contributed by atoms with E-state index >= 15 is 0 Å². The molecule has 1 fully saturated rings. The van der Waals surface area contributed by atoms with Crippen LogP contribution in [0.5, 0.6) is 0 Å². The van der Waals surface area contributed by atoms with E-state index in [-0.39, 0.29) is 6.10 Å². The van der Waals surface area contributed by atoms with Crippen molar-refractivity contribution in [3.8, 4) is 0 Å². The lowest BCUT2D eigenvalue weighted by Gasteiger charge is -2.29. The topological polar surface area (TPSA) is 68.5 Å². The Balaban J connectivity index is 1.75. The fourth-order valence-electron chi connectivity index (χ4n) is 2.23. The van der Waals surface area contributed by atoms with Crippen molar-refractivity contribution < 1.29 is 8.95 Å². The van der Waals surface area contributed by atoms with Crippen molar-refractivity contribution in [2.45, 2.75) is 10.4 Å². The monoisotopic (exact) mass is 311 g/mol. The van der Waals surface area contributed by atoms with Crippen LogP contribution in [0.25, 0.3) is 10.2 Å². The van der Waals surface area contributed by atoms with Gasteiger partial charge in [-0.2, -0.15) is 0 Å². The van der Waals surface area contributed by atoms with Crippen LogP contribution in [-0.4, -0.2) is 52.7 Å². The standard InChI is InChI=1S/C13H17N3O2S2/c1-16-4-5-18-10(7-16)8-20(17)13-15-11-3-2-9(14)6-12(11)19-13/h2-3,6,10H,4-5,7-8,14H2,1H3. The van der Waals surface area contributed by atoms with Gasteiger partial charge in [0.1, 0.15) is 0 Å². The van der Waals surface area contributed by atoms with Gasteiger partial charge in [-0.1, -0.05) is 0 Å². The van der Waals surface area contributed by atoms with Gasteiger partial charge in [-0.3, -0.25) is 4.21 Å². The van der Waals surface area contributed by atoms with E-state index in [2.05, 4.69) is 16.9 Å². The molecule has 20 heavy (non-hydrogen) atoms. The zero-order valence-electron chi connectivity index (χ0n) is 11.2. The molecule has 2 aromatic rings. The molecule has 2 atom stereocenters. The smallest absolute Gasteiger partial charge is 0.181 e. The van der Waals surface area contributed by atoms with Gasteiger partial charge in [0.25, 0.3) is 0 Å². The molecular weight excluding hydrogens is 294 g/mol. The number of thiazole rings is 1. The van der Waals surface area contributed by atoms with Crippen molar-refractivity contribution in [2.75, 3.05) is 38.2 Å². The van der Waals surface area contributed by atoms with Crippen LogP contribution < -0.4 is 5.73 Å². The normalized spacial score (nSPS) is 22.1. The van der Waals surface area contributed by atoms with Gasteiger partial charge in [-0.05, 0) is 25.2 Å². The third-order valence-electron chi connectivity index (χ3n) is 3.27. The Hall–Kier alpha value is -1.02. The Bertz CT molecular complexity index is 644. The van der Waals surface area contributed by atoms with Gasteiger partial charge in [0.2, 0.25) is 0 Å². The predicted molar refractivity (Wildman–Crippen MR) is 82.5 cm³/mol. The Labute approximate surface area is 124 Å². The summed E-state index contributed by atoms with van der Waals surface area (Å²) in [5, 5.41) is 0. The first kappa shape index (κ1) is 13.9. The highest BCUT2D eigenvalue weighted by Gasteiger charge is 2.22. The molecule has 0 aliphatic carbocycles. The number of nitrogen functional groups attached to an aromatic ring is 1. The van der Waals surface area contributed by atoms with Crippen molar-refractivity contribution in [3.05, 3.63) is 18.2 Å². The minimum Gasteiger partial charge on any atom is -0.399 e. The fourth-order valence-corrected chi connectivity index (χ4v) is 4.70. The molecule has 1 aliphatic rings. The van der Waals surface area contributed by atoms with Gasteiger partial charge in [0.05, 0.1) is 39.5 Å². The van der Waals surface area contributed by atoms with Crippen molar-refractivity contribution in [3.63, 3.8) is 0 Å². The number of ether oxygens (including phenoxy) is 1. The average Bonchev–Trinajstić information content (AvgIpc) is 2.81. The third kappa shape index (κ3) is 3.01. The molecule has 0 spiro atoms. The molecule has 0 saturated carbocycles. The number of likely N-dealkylation sites (N-methyl/N-ethyl adjacent to an activating group) is 1. The van der Waals surface area contributed by atoms with Gasteiger partial charge in [0.15, 0.2) is 4.34 Å². The predicted octanol–water partition coefficient (Wildman–Crippen LogP) is 1.32. The first-order chi connectivity index (χ1) is 9.61. The second-order valence-electron chi connectivity index (χ2n) is 4.97. The van der Waals surface area contributed by atoms with E-state index in [1.54, 1.807) is 0 Å². The maximum absolute atomic E-state index is 12.4. The second-order valence-corrected chi connectivity index (χ2v) is 7.67. The number of hydrogen-bond donors (Lipinski definition) is 1. The Morgan fingerprint density at radius 1 is 1.60 bits per heavy atom. The van der Waals surface area contributed by atoms with E-state index in [1.807, 2.05) is 18.2 Å². The molecule has 1 saturated heterocycles. The maximum atomic E-state index is 12.4. The minimum atomic E-state index is -1.12. The summed E-state index contributed by atoms with van der Waals surface area (Å²) < 4.78 is 19.7. The molecule has 0 amide bonds. The molecule has 0 radical (unpaired) electrons. The summed E-state index contributed by atoms with van der Waals surface area (Å²) in [6, 6.07) is 5.55. The van der Waals surface area contributed by atoms with Crippen LogP contribution in [0.4, 0.5) is 5.69 Å². The van der Waals surface area contributed by atoms with Crippen LogP contribution in [0.1, 0.15) is 0 Å². The summed E-state index contributed by atoms with van der Waals surface area (Å²) in [6.07, 6.45) is 0.0201. The summed E-state index contributed by atoms with van der Waals surface area (Å²) in [6.45, 7) is 2.46. The highest BCUT2D eigenvalue weighted by atomic mass is 32.2. The molecule has 1 aromatic heterocycles. The van der Waals surface area contributed by atoms with Crippen molar-refractivity contribution in [1.29, 1.82) is 0 Å². The van der Waals surface area contributed by atoms with Crippen LogP contribution in [-0.2, 0) is 15.5 Å². The fraction of sp³-hybridized carbons (Fsp3) is 0.462. The van der Waals surface area contributed by atoms with Crippen LogP contribution >= 0.6 is 11.3 Å². The minimum absolute atomic E-state index is 0.0201. The van der Waals surface area contributed by atoms with Crippen LogP contribution in [0, 0.1) is 0 Å². The van der Waals surface area contributed by atoms with Crippen LogP contribution in [0.2, 0.25) is 0 Å². The molecule has 2 N–H and O–H groups in total. The van der Waals surface area contributed by atoms with Crippen LogP contribution in [0.15, 0.2) is 22.5 Å². The van der Waals surface area contributed by atoms with Gasteiger partial charge < -0.3 is 15.4 Å². The van der Waals surface area contributed by atoms with E-state index in [0.29, 0.717) is 22.4 Å². The van der Waals surface area contributed by atoms with Crippen LogP contribution in [0.3, 0.4) is 0 Å². The molecule has 2 heterocycles. The van der Waals surface area contributed by atoms with E-state index < -0.39 is 10.8 Å². The molecule has 3 rings (SSSR count). The largest absolute Gasteiger partial charge is 0.399 e. The summed E-state index contributed by atoms with van der Waals surface area (Å²) in [5.74, 6) is 0.500. The highest BCUT2D eigenvalue weighted by Crippen LogP contribution is 2.26. The highest BCUT2D eigenvalue weighted by molar-refractivity contribution is 7.87. The molecule has 5 nitrogen and oxygen atoms in total. The van der Waals surface area contributed by atoms with Crippen molar-refractivity contribution in [1.82, 2.24) is 9.88 Å². The van der Waals surface area contributed by atoms with Crippen molar-refractivity contribution in [2.24, 2.45) is 0 Å². The molecule has 1 aromatic carbocycles. The zero-order chi connectivity index (χ0) is 14.1. The lowest BCUT2D eigenvalue weighted by atomic mass is 10.3. The number of anilines is 1. The first-order valence-electron chi connectivity index (χ1n) is 6.46. The summed E-state index contributed by atoms with van der Waals surface area (Å²) in [5.41, 5.74) is 7.31. The number of rotatable bonds is 3. The van der Waals surface area contributed by atoms with Gasteiger partial charge in [-0.25, -0.2) is 4.98 Å². The van der Waals surface area contributed by atoms with E-state index in [9.17, 15) is 4.21 Å². The zero-order valence-corrected chi connectivity index (χ0v) is 12.9. The molecule has 0 bridgehead atoms. The van der Waals surface area contributed by atoms with E-state index in [0.717, 1.165) is 23.3 Å². The quantitative estimate of drug-likeness (QED) is 0.866.